The van der Waals surface area contributed by atoms with Crippen molar-refractivity contribution in [2.45, 2.75) is 65.1 Å². The lowest BCUT2D eigenvalue weighted by atomic mass is 10.1. The third-order valence-electron chi connectivity index (χ3n) is 6.93. The number of benzene rings is 2. The highest BCUT2D eigenvalue weighted by Gasteiger charge is 2.50. The van der Waals surface area contributed by atoms with Crippen LogP contribution in [-0.2, 0) is 22.4 Å². The largest absolute Gasteiger partial charge is 0.401 e. The summed E-state index contributed by atoms with van der Waals surface area (Å²) in [5, 5.41) is 11.8. The molecule has 8 heteroatoms. The number of aromatic nitrogens is 1. The molecular weight excluding hydrogens is 507 g/mol. The summed E-state index contributed by atoms with van der Waals surface area (Å²) in [5.74, 6) is -0.694. The molecule has 1 saturated heterocycles. The standard InChI is InChI=1S/C29H36ClFN2O3Si/c1-20-16-33(17-21(2)36-20)28-25(32-24(18-34)27(31)26(28)30)19-35-37(29(3,4)5,22-12-8-6-9-13-22)23-14-10-7-11-15-23/h6-15,20-21,34H,16-19H2,1-5H3. The molecule has 1 aliphatic heterocycles. The number of aliphatic hydroxyl groups excluding tert-OH is 1. The summed E-state index contributed by atoms with van der Waals surface area (Å²) in [6.45, 7) is 11.3. The first kappa shape index (κ1) is 27.7. The van der Waals surface area contributed by atoms with Crippen LogP contribution in [0.15, 0.2) is 60.7 Å². The highest BCUT2D eigenvalue weighted by Crippen LogP contribution is 2.39. The summed E-state index contributed by atoms with van der Waals surface area (Å²) >= 11 is 6.63. The van der Waals surface area contributed by atoms with Crippen LogP contribution in [-0.4, -0.2) is 43.7 Å². The van der Waals surface area contributed by atoms with Crippen LogP contribution in [0, 0.1) is 5.82 Å². The van der Waals surface area contributed by atoms with Crippen molar-refractivity contribution >= 4 is 36.0 Å². The van der Waals surface area contributed by atoms with Gasteiger partial charge < -0.3 is 19.2 Å². The minimum absolute atomic E-state index is 0.0404. The number of pyridine rings is 1. The molecule has 0 spiro atoms. The van der Waals surface area contributed by atoms with Gasteiger partial charge in [0.1, 0.15) is 10.7 Å². The van der Waals surface area contributed by atoms with E-state index in [9.17, 15) is 5.11 Å². The normalized spacial score (nSPS) is 18.8. The molecule has 1 fully saturated rings. The second-order valence-electron chi connectivity index (χ2n) is 10.8. The minimum Gasteiger partial charge on any atom is -0.401 e. The Balaban J connectivity index is 1.86. The number of hydrogen-bond donors (Lipinski definition) is 1. The van der Waals surface area contributed by atoms with Gasteiger partial charge >= 0.3 is 0 Å². The zero-order chi connectivity index (χ0) is 26.8. The number of ether oxygens (including phenoxy) is 1. The quantitative estimate of drug-likeness (QED) is 0.423. The smallest absolute Gasteiger partial charge is 0.261 e. The lowest BCUT2D eigenvalue weighted by Crippen LogP contribution is -2.66. The summed E-state index contributed by atoms with van der Waals surface area (Å²) in [6.07, 6.45) is -0.100. The molecule has 0 bridgehead atoms. The van der Waals surface area contributed by atoms with Crippen molar-refractivity contribution in [3.05, 3.63) is 82.9 Å². The number of nitrogens with zero attached hydrogens (tertiary/aromatic N) is 2. The third-order valence-corrected chi connectivity index (χ3v) is 12.3. The Hall–Kier alpha value is -2.29. The van der Waals surface area contributed by atoms with E-state index in [4.69, 9.17) is 20.8 Å². The van der Waals surface area contributed by atoms with E-state index < -0.39 is 20.7 Å². The summed E-state index contributed by atoms with van der Waals surface area (Å²) < 4.78 is 28.1. The van der Waals surface area contributed by atoms with Crippen LogP contribution in [0.3, 0.4) is 0 Å². The molecule has 0 amide bonds. The number of anilines is 1. The Morgan fingerprint density at radius 3 is 1.97 bits per heavy atom. The van der Waals surface area contributed by atoms with Crippen LogP contribution in [0.25, 0.3) is 0 Å². The molecule has 198 valence electrons. The first-order valence-corrected chi connectivity index (χ1v) is 15.0. The molecular formula is C29H36ClFN2O3Si. The van der Waals surface area contributed by atoms with Gasteiger partial charge in [0.25, 0.3) is 8.32 Å². The molecule has 5 nitrogen and oxygen atoms in total. The van der Waals surface area contributed by atoms with Crippen LogP contribution in [0.1, 0.15) is 46.0 Å². The maximum atomic E-state index is 15.1. The van der Waals surface area contributed by atoms with Gasteiger partial charge in [-0.25, -0.2) is 9.37 Å². The van der Waals surface area contributed by atoms with Crippen LogP contribution in [0.2, 0.25) is 10.1 Å². The molecule has 4 rings (SSSR count). The van der Waals surface area contributed by atoms with Gasteiger partial charge in [0.05, 0.1) is 36.8 Å². The lowest BCUT2D eigenvalue weighted by molar-refractivity contribution is -0.00535. The van der Waals surface area contributed by atoms with Crippen LogP contribution >= 0.6 is 11.6 Å². The van der Waals surface area contributed by atoms with E-state index in [0.29, 0.717) is 24.5 Å². The van der Waals surface area contributed by atoms with Gasteiger partial charge in [-0.2, -0.15) is 0 Å². The highest BCUT2D eigenvalue weighted by molar-refractivity contribution is 6.99. The SMILES string of the molecule is CC1CN(c2c(CO[Si](c3ccccc3)(c3ccccc3)C(C)(C)C)nc(CO)c(F)c2Cl)CC(C)O1. The first-order chi connectivity index (χ1) is 17.6. The van der Waals surface area contributed by atoms with Crippen molar-refractivity contribution in [1.29, 1.82) is 0 Å². The van der Waals surface area contributed by atoms with E-state index in [-0.39, 0.29) is 34.6 Å². The molecule has 0 radical (unpaired) electrons. The fraction of sp³-hybridized carbons (Fsp3) is 0.414. The summed E-state index contributed by atoms with van der Waals surface area (Å²) in [4.78, 5) is 6.58. The monoisotopic (exact) mass is 542 g/mol. The Kier molecular flexibility index (Phi) is 8.40. The van der Waals surface area contributed by atoms with E-state index >= 15 is 4.39 Å². The molecule has 3 aromatic rings. The molecule has 0 saturated carbocycles. The van der Waals surface area contributed by atoms with E-state index in [0.717, 1.165) is 10.4 Å². The maximum Gasteiger partial charge on any atom is 0.261 e. The van der Waals surface area contributed by atoms with E-state index in [1.807, 2.05) is 55.1 Å². The lowest BCUT2D eigenvalue weighted by Gasteiger charge is -2.43. The first-order valence-electron chi connectivity index (χ1n) is 12.7. The number of morpholine rings is 1. The Morgan fingerprint density at radius 1 is 1.00 bits per heavy atom. The van der Waals surface area contributed by atoms with Crippen molar-refractivity contribution in [2.24, 2.45) is 0 Å². The Labute approximate surface area is 225 Å². The number of halogens is 2. The van der Waals surface area contributed by atoms with Crippen molar-refractivity contribution < 1.29 is 18.7 Å². The van der Waals surface area contributed by atoms with Gasteiger partial charge in [-0.05, 0) is 29.3 Å². The molecule has 0 aliphatic carbocycles. The molecule has 1 N–H and O–H groups in total. The average molecular weight is 543 g/mol. The van der Waals surface area contributed by atoms with E-state index in [2.05, 4.69) is 50.0 Å². The second kappa shape index (κ2) is 11.2. The molecule has 37 heavy (non-hydrogen) atoms. The van der Waals surface area contributed by atoms with Gasteiger partial charge in [0, 0.05) is 13.1 Å². The Bertz CT molecular complexity index is 1160. The zero-order valence-corrected chi connectivity index (χ0v) is 23.9. The topological polar surface area (TPSA) is 54.8 Å². The summed E-state index contributed by atoms with van der Waals surface area (Å²) in [6, 6.07) is 20.7. The van der Waals surface area contributed by atoms with Crippen LogP contribution < -0.4 is 15.3 Å². The zero-order valence-electron chi connectivity index (χ0n) is 22.2. The predicted octanol–water partition coefficient (Wildman–Crippen LogP) is 5.06. The Morgan fingerprint density at radius 2 is 1.51 bits per heavy atom. The van der Waals surface area contributed by atoms with Gasteiger partial charge in [-0.3, -0.25) is 0 Å². The number of aliphatic hydroxyl groups is 1. The summed E-state index contributed by atoms with van der Waals surface area (Å²) in [7, 11) is -2.87. The van der Waals surface area contributed by atoms with Crippen molar-refractivity contribution in [3.63, 3.8) is 0 Å². The second-order valence-corrected chi connectivity index (χ2v) is 15.4. The molecule has 1 aliphatic rings. The third kappa shape index (κ3) is 5.47. The van der Waals surface area contributed by atoms with Crippen LogP contribution in [0.5, 0.6) is 0 Å². The summed E-state index contributed by atoms with van der Waals surface area (Å²) in [5.41, 5.74) is 0.949. The average Bonchev–Trinajstić information content (AvgIpc) is 2.86. The fourth-order valence-electron chi connectivity index (χ4n) is 5.45. The maximum absolute atomic E-state index is 15.1. The van der Waals surface area contributed by atoms with Crippen LogP contribution in [0.4, 0.5) is 10.1 Å². The van der Waals surface area contributed by atoms with Gasteiger partial charge in [0.15, 0.2) is 5.82 Å². The highest BCUT2D eigenvalue weighted by atomic mass is 35.5. The van der Waals surface area contributed by atoms with E-state index in [1.165, 1.54) is 0 Å². The predicted molar refractivity (Wildman–Crippen MR) is 150 cm³/mol. The van der Waals surface area contributed by atoms with Gasteiger partial charge in [-0.1, -0.05) is 93.0 Å². The van der Waals surface area contributed by atoms with Crippen molar-refractivity contribution in [3.8, 4) is 0 Å². The van der Waals surface area contributed by atoms with Crippen molar-refractivity contribution in [2.75, 3.05) is 18.0 Å². The molecule has 2 heterocycles. The molecule has 2 unspecified atom stereocenters. The molecule has 1 aromatic heterocycles. The molecule has 2 atom stereocenters. The van der Waals surface area contributed by atoms with E-state index in [1.54, 1.807) is 0 Å². The minimum atomic E-state index is -2.87. The van der Waals surface area contributed by atoms with Gasteiger partial charge in [-0.15, -0.1) is 0 Å². The number of hydrogen-bond acceptors (Lipinski definition) is 5. The van der Waals surface area contributed by atoms with Gasteiger partial charge in [0.2, 0.25) is 0 Å². The molecule has 2 aromatic carbocycles. The van der Waals surface area contributed by atoms with Crippen molar-refractivity contribution in [1.82, 2.24) is 4.98 Å². The number of rotatable bonds is 7. The fourth-order valence-corrected chi connectivity index (χ4v) is 10.3.